The minimum absolute atomic E-state index is 0.145. The predicted octanol–water partition coefficient (Wildman–Crippen LogP) is 3.52. The standard InChI is InChI=1S/C17H30O4/c1-3-5-12-20-13-14-6-8-15(9-7-14)16(18)10-11-17(19)21-4-2/h14-15H,3-13H2,1-2H3. The lowest BCUT2D eigenvalue weighted by molar-refractivity contribution is -0.144. The van der Waals surface area contributed by atoms with Crippen LogP contribution in [0.5, 0.6) is 0 Å². The molecule has 0 aromatic rings. The molecule has 0 unspecified atom stereocenters. The van der Waals surface area contributed by atoms with Gasteiger partial charge in [-0.25, -0.2) is 0 Å². The molecule has 0 aromatic heterocycles. The summed E-state index contributed by atoms with van der Waals surface area (Å²) in [4.78, 5) is 23.3. The van der Waals surface area contributed by atoms with E-state index in [1.165, 1.54) is 6.42 Å². The molecule has 4 heteroatoms. The summed E-state index contributed by atoms with van der Waals surface area (Å²) in [7, 11) is 0. The van der Waals surface area contributed by atoms with E-state index in [-0.39, 0.29) is 24.1 Å². The van der Waals surface area contributed by atoms with Crippen molar-refractivity contribution < 1.29 is 19.1 Å². The van der Waals surface area contributed by atoms with Gasteiger partial charge < -0.3 is 9.47 Å². The number of ketones is 1. The molecule has 1 rings (SSSR count). The first-order valence-corrected chi connectivity index (χ1v) is 8.43. The first kappa shape index (κ1) is 18.1. The number of rotatable bonds is 10. The molecule has 0 aromatic carbocycles. The average Bonchev–Trinajstić information content (AvgIpc) is 2.50. The Bertz CT molecular complexity index is 306. The Hall–Kier alpha value is -0.900. The van der Waals surface area contributed by atoms with Crippen molar-refractivity contribution in [3.8, 4) is 0 Å². The summed E-state index contributed by atoms with van der Waals surface area (Å²) >= 11 is 0. The molecule has 0 spiro atoms. The van der Waals surface area contributed by atoms with Crippen molar-refractivity contribution in [3.05, 3.63) is 0 Å². The highest BCUT2D eigenvalue weighted by Crippen LogP contribution is 2.30. The van der Waals surface area contributed by atoms with E-state index in [0.29, 0.717) is 18.9 Å². The van der Waals surface area contributed by atoms with Crippen LogP contribution in [0.3, 0.4) is 0 Å². The van der Waals surface area contributed by atoms with Gasteiger partial charge in [0.25, 0.3) is 0 Å². The van der Waals surface area contributed by atoms with Crippen LogP contribution < -0.4 is 0 Å². The fourth-order valence-electron chi connectivity index (χ4n) is 2.81. The molecular formula is C17H30O4. The van der Waals surface area contributed by atoms with E-state index in [1.54, 1.807) is 6.92 Å². The molecule has 4 nitrogen and oxygen atoms in total. The lowest BCUT2D eigenvalue weighted by atomic mass is 9.79. The van der Waals surface area contributed by atoms with Crippen LogP contribution in [0, 0.1) is 11.8 Å². The summed E-state index contributed by atoms with van der Waals surface area (Å²) in [6, 6.07) is 0. The van der Waals surface area contributed by atoms with E-state index in [2.05, 4.69) is 6.92 Å². The summed E-state index contributed by atoms with van der Waals surface area (Å²) in [6.07, 6.45) is 6.90. The van der Waals surface area contributed by atoms with E-state index in [1.807, 2.05) is 0 Å². The lowest BCUT2D eigenvalue weighted by Crippen LogP contribution is -2.24. The smallest absolute Gasteiger partial charge is 0.306 e. The molecule has 1 aliphatic carbocycles. The van der Waals surface area contributed by atoms with Crippen LogP contribution in [0.1, 0.15) is 65.2 Å². The van der Waals surface area contributed by atoms with Crippen LogP contribution in [-0.4, -0.2) is 31.6 Å². The summed E-state index contributed by atoms with van der Waals surface area (Å²) in [6.45, 7) is 6.02. The number of hydrogen-bond donors (Lipinski definition) is 0. The zero-order valence-electron chi connectivity index (χ0n) is 13.6. The third-order valence-electron chi connectivity index (χ3n) is 4.18. The van der Waals surface area contributed by atoms with Gasteiger partial charge in [0.1, 0.15) is 5.78 Å². The molecule has 0 aliphatic heterocycles. The first-order valence-electron chi connectivity index (χ1n) is 8.43. The van der Waals surface area contributed by atoms with E-state index in [4.69, 9.17) is 9.47 Å². The maximum Gasteiger partial charge on any atom is 0.306 e. The third kappa shape index (κ3) is 7.60. The molecule has 0 saturated heterocycles. The van der Waals surface area contributed by atoms with E-state index < -0.39 is 0 Å². The number of carbonyl (C=O) groups excluding carboxylic acids is 2. The van der Waals surface area contributed by atoms with Gasteiger partial charge >= 0.3 is 5.97 Å². The van der Waals surface area contributed by atoms with Crippen molar-refractivity contribution in [1.29, 1.82) is 0 Å². The van der Waals surface area contributed by atoms with Gasteiger partial charge in [0.15, 0.2) is 0 Å². The Morgan fingerprint density at radius 3 is 2.38 bits per heavy atom. The first-order chi connectivity index (χ1) is 10.2. The van der Waals surface area contributed by atoms with Gasteiger partial charge in [-0.3, -0.25) is 9.59 Å². The molecule has 1 aliphatic rings. The van der Waals surface area contributed by atoms with E-state index >= 15 is 0 Å². The molecule has 1 fully saturated rings. The second kappa shape index (κ2) is 10.8. The second-order valence-corrected chi connectivity index (χ2v) is 5.92. The molecule has 0 heterocycles. The lowest BCUT2D eigenvalue weighted by Gasteiger charge is -2.27. The molecular weight excluding hydrogens is 268 g/mol. The molecule has 0 amide bonds. The van der Waals surface area contributed by atoms with Crippen LogP contribution in [0.15, 0.2) is 0 Å². The predicted molar refractivity (Wildman–Crippen MR) is 82.0 cm³/mol. The molecule has 0 bridgehead atoms. The maximum atomic E-state index is 12.1. The summed E-state index contributed by atoms with van der Waals surface area (Å²) in [5.74, 6) is 0.722. The summed E-state index contributed by atoms with van der Waals surface area (Å²) in [5, 5.41) is 0. The fourth-order valence-corrected chi connectivity index (χ4v) is 2.81. The Labute approximate surface area is 128 Å². The number of unbranched alkanes of at least 4 members (excludes halogenated alkanes) is 1. The van der Waals surface area contributed by atoms with Crippen LogP contribution in [0.25, 0.3) is 0 Å². The van der Waals surface area contributed by atoms with Crippen molar-refractivity contribution in [2.75, 3.05) is 19.8 Å². The van der Waals surface area contributed by atoms with Crippen molar-refractivity contribution in [2.45, 2.75) is 65.2 Å². The maximum absolute atomic E-state index is 12.1. The highest BCUT2D eigenvalue weighted by Gasteiger charge is 2.26. The minimum Gasteiger partial charge on any atom is -0.466 e. The molecule has 0 N–H and O–H groups in total. The van der Waals surface area contributed by atoms with Crippen molar-refractivity contribution in [1.82, 2.24) is 0 Å². The van der Waals surface area contributed by atoms with Gasteiger partial charge in [-0.05, 0) is 44.9 Å². The number of esters is 1. The largest absolute Gasteiger partial charge is 0.466 e. The van der Waals surface area contributed by atoms with Gasteiger partial charge in [0.2, 0.25) is 0 Å². The SMILES string of the molecule is CCCCOCC1CCC(C(=O)CCC(=O)OCC)CC1. The highest BCUT2D eigenvalue weighted by atomic mass is 16.5. The molecule has 1 saturated carbocycles. The Balaban J connectivity index is 2.14. The topological polar surface area (TPSA) is 52.6 Å². The number of carbonyl (C=O) groups is 2. The number of hydrogen-bond acceptors (Lipinski definition) is 4. The number of ether oxygens (including phenoxy) is 2. The zero-order chi connectivity index (χ0) is 15.5. The monoisotopic (exact) mass is 298 g/mol. The summed E-state index contributed by atoms with van der Waals surface area (Å²) in [5.41, 5.74) is 0. The Morgan fingerprint density at radius 2 is 1.76 bits per heavy atom. The van der Waals surface area contributed by atoms with Crippen LogP contribution >= 0.6 is 0 Å². The summed E-state index contributed by atoms with van der Waals surface area (Å²) < 4.78 is 10.5. The second-order valence-electron chi connectivity index (χ2n) is 5.92. The minimum atomic E-state index is -0.260. The van der Waals surface area contributed by atoms with Gasteiger partial charge in [0, 0.05) is 25.6 Å². The number of Topliss-reactive ketones (excluding diaryl/α,β-unsaturated/α-hetero) is 1. The van der Waals surface area contributed by atoms with Crippen molar-refractivity contribution in [2.24, 2.45) is 11.8 Å². The Kier molecular flexibility index (Phi) is 9.31. The normalized spacial score (nSPS) is 22.0. The van der Waals surface area contributed by atoms with Crippen LogP contribution in [-0.2, 0) is 19.1 Å². The average molecular weight is 298 g/mol. The highest BCUT2D eigenvalue weighted by molar-refractivity contribution is 5.84. The van der Waals surface area contributed by atoms with E-state index in [9.17, 15) is 9.59 Å². The van der Waals surface area contributed by atoms with Crippen molar-refractivity contribution in [3.63, 3.8) is 0 Å². The quantitative estimate of drug-likeness (QED) is 0.457. The van der Waals surface area contributed by atoms with Gasteiger partial charge in [0.05, 0.1) is 13.0 Å². The van der Waals surface area contributed by atoms with Gasteiger partial charge in [-0.15, -0.1) is 0 Å². The van der Waals surface area contributed by atoms with Crippen LogP contribution in [0.4, 0.5) is 0 Å². The van der Waals surface area contributed by atoms with Crippen LogP contribution in [0.2, 0.25) is 0 Å². The molecule has 0 radical (unpaired) electrons. The third-order valence-corrected chi connectivity index (χ3v) is 4.18. The van der Waals surface area contributed by atoms with Crippen molar-refractivity contribution >= 4 is 11.8 Å². The molecule has 122 valence electrons. The van der Waals surface area contributed by atoms with Gasteiger partial charge in [-0.1, -0.05) is 13.3 Å². The van der Waals surface area contributed by atoms with Gasteiger partial charge in [-0.2, -0.15) is 0 Å². The molecule has 21 heavy (non-hydrogen) atoms. The Morgan fingerprint density at radius 1 is 1.05 bits per heavy atom. The molecule has 0 atom stereocenters. The fraction of sp³-hybridized carbons (Fsp3) is 0.882. The van der Waals surface area contributed by atoms with E-state index in [0.717, 1.165) is 45.3 Å². The zero-order valence-corrected chi connectivity index (χ0v) is 13.6.